The van der Waals surface area contributed by atoms with Crippen LogP contribution in [0.1, 0.15) is 226 Å². The maximum absolute atomic E-state index is 12.9. The van der Waals surface area contributed by atoms with Crippen molar-refractivity contribution in [1.29, 1.82) is 0 Å². The zero-order valence-corrected chi connectivity index (χ0v) is 48.9. The minimum Gasteiger partial charge on any atom is -0.462 e. The van der Waals surface area contributed by atoms with Crippen molar-refractivity contribution >= 4 is 17.9 Å². The van der Waals surface area contributed by atoms with Crippen LogP contribution in [0.2, 0.25) is 0 Å². The highest BCUT2D eigenvalue weighted by Gasteiger charge is 2.19. The number of rotatable bonds is 52. The molecular formula is C71H108O6. The molecule has 0 aliphatic heterocycles. The number of carbonyl (C=O) groups excluding carboxylic acids is 3. The summed E-state index contributed by atoms with van der Waals surface area (Å²) in [6.07, 6.45) is 94.8. The summed E-state index contributed by atoms with van der Waals surface area (Å²) in [5, 5.41) is 0. The van der Waals surface area contributed by atoms with Gasteiger partial charge in [-0.1, -0.05) is 254 Å². The summed E-state index contributed by atoms with van der Waals surface area (Å²) in [7, 11) is 0. The summed E-state index contributed by atoms with van der Waals surface area (Å²) < 4.78 is 16.8. The first-order valence-corrected chi connectivity index (χ1v) is 30.3. The number of allylic oxidation sites excluding steroid dienone is 29. The third-order valence-electron chi connectivity index (χ3n) is 11.9. The number of hydrogen-bond donors (Lipinski definition) is 0. The van der Waals surface area contributed by atoms with E-state index in [1.165, 1.54) is 25.7 Å². The van der Waals surface area contributed by atoms with Gasteiger partial charge in [-0.25, -0.2) is 0 Å². The number of ether oxygens (including phenoxy) is 3. The van der Waals surface area contributed by atoms with Crippen LogP contribution >= 0.6 is 0 Å². The van der Waals surface area contributed by atoms with Crippen LogP contribution in [-0.2, 0) is 28.6 Å². The highest BCUT2D eigenvalue weighted by atomic mass is 16.6. The minimum absolute atomic E-state index is 0.111. The Morgan fingerprint density at radius 3 is 0.844 bits per heavy atom. The van der Waals surface area contributed by atoms with Crippen molar-refractivity contribution in [3.05, 3.63) is 182 Å². The van der Waals surface area contributed by atoms with E-state index in [1.807, 2.05) is 6.08 Å². The first-order chi connectivity index (χ1) is 38.0. The van der Waals surface area contributed by atoms with Crippen molar-refractivity contribution in [3.8, 4) is 0 Å². The Labute approximate surface area is 472 Å². The highest BCUT2D eigenvalue weighted by molar-refractivity contribution is 5.72. The Bertz CT molecular complexity index is 1840. The third-order valence-corrected chi connectivity index (χ3v) is 11.9. The molecule has 77 heavy (non-hydrogen) atoms. The van der Waals surface area contributed by atoms with Crippen LogP contribution in [0.25, 0.3) is 0 Å². The highest BCUT2D eigenvalue weighted by Crippen LogP contribution is 2.13. The molecule has 6 heteroatoms. The number of hydrogen-bond acceptors (Lipinski definition) is 6. The van der Waals surface area contributed by atoms with Gasteiger partial charge in [-0.2, -0.15) is 0 Å². The first-order valence-electron chi connectivity index (χ1n) is 30.3. The molecule has 6 nitrogen and oxygen atoms in total. The molecule has 0 aliphatic rings. The second-order valence-corrected chi connectivity index (χ2v) is 19.1. The van der Waals surface area contributed by atoms with Gasteiger partial charge in [0.15, 0.2) is 6.10 Å². The topological polar surface area (TPSA) is 78.9 Å². The molecule has 0 fully saturated rings. The van der Waals surface area contributed by atoms with E-state index < -0.39 is 12.1 Å². The lowest BCUT2D eigenvalue weighted by atomic mass is 10.1. The lowest BCUT2D eigenvalue weighted by Crippen LogP contribution is -2.30. The first kappa shape index (κ1) is 71.5. The zero-order chi connectivity index (χ0) is 55.7. The van der Waals surface area contributed by atoms with Crippen LogP contribution < -0.4 is 0 Å². The summed E-state index contributed by atoms with van der Waals surface area (Å²) in [5.74, 6) is -1.10. The molecule has 0 saturated heterocycles. The van der Waals surface area contributed by atoms with Crippen molar-refractivity contribution < 1.29 is 28.6 Å². The molecule has 0 spiro atoms. The standard InChI is InChI=1S/C71H108O6/c1-4-7-10-13-16-19-22-25-28-30-32-33-34-35-36-37-39-40-43-46-49-52-55-58-61-64-70(73)76-67-68(66-75-69(72)63-60-57-54-51-48-45-42-27-24-21-18-15-12-9-6-3)77-71(74)65-62-59-56-53-50-47-44-41-38-31-29-26-23-20-17-14-11-8-5-2/h7-12,16-21,25-29,32-33,35-36,38-42,48,51,57,60,68H,4-6,13-15,22-24,30-31,34,37,43-47,49-50,52-56,58-59,61-67H2,1-3H3/b10-7-,11-8-,12-9-,19-16-,20-17-,21-18-,28-25-,29-26-,33-32-,36-35-,40-39-,41-38-,42-27-,51-48-,60-57-. The van der Waals surface area contributed by atoms with E-state index in [1.54, 1.807) is 6.08 Å². The second-order valence-electron chi connectivity index (χ2n) is 19.1. The largest absolute Gasteiger partial charge is 0.462 e. The van der Waals surface area contributed by atoms with E-state index in [0.29, 0.717) is 6.42 Å². The van der Waals surface area contributed by atoms with Crippen molar-refractivity contribution in [2.75, 3.05) is 13.2 Å². The van der Waals surface area contributed by atoms with E-state index >= 15 is 0 Å². The Balaban J connectivity index is 4.54. The van der Waals surface area contributed by atoms with Crippen LogP contribution in [0.3, 0.4) is 0 Å². The average molecular weight is 1060 g/mol. The monoisotopic (exact) mass is 1060 g/mol. The SMILES string of the molecule is CC/C=C\C/C=C\C/C=C\C/C=C\C/C=C\C/C=C\CCCCCCCCC(=O)OCC(COC(=O)C/C=C\C/C=C\C/C=C\C/C=C\C/C=C\CC)OC(=O)CCCCCCCC/C=C\C/C=C\C/C=C\C/C=C\CC. The van der Waals surface area contributed by atoms with Crippen LogP contribution in [0.4, 0.5) is 0 Å². The number of esters is 3. The van der Waals surface area contributed by atoms with Gasteiger partial charge >= 0.3 is 17.9 Å². The predicted molar refractivity (Wildman–Crippen MR) is 334 cm³/mol. The summed E-state index contributed by atoms with van der Waals surface area (Å²) in [5.41, 5.74) is 0. The van der Waals surface area contributed by atoms with E-state index in [9.17, 15) is 14.4 Å². The molecular weight excluding hydrogens is 949 g/mol. The molecule has 1 atom stereocenters. The normalized spacial score (nSPS) is 13.4. The van der Waals surface area contributed by atoms with E-state index in [4.69, 9.17) is 14.2 Å². The van der Waals surface area contributed by atoms with Crippen molar-refractivity contribution in [2.45, 2.75) is 232 Å². The van der Waals surface area contributed by atoms with Gasteiger partial charge in [-0.05, 0) is 135 Å². The van der Waals surface area contributed by atoms with Gasteiger partial charge in [0.05, 0.1) is 6.42 Å². The van der Waals surface area contributed by atoms with Crippen LogP contribution in [0, 0.1) is 0 Å². The van der Waals surface area contributed by atoms with Crippen molar-refractivity contribution in [1.82, 2.24) is 0 Å². The fourth-order valence-corrected chi connectivity index (χ4v) is 7.51. The number of unbranched alkanes of at least 4 members (excludes halogenated alkanes) is 12. The smallest absolute Gasteiger partial charge is 0.309 e. The molecule has 428 valence electrons. The Morgan fingerprint density at radius 1 is 0.273 bits per heavy atom. The molecule has 0 aromatic heterocycles. The van der Waals surface area contributed by atoms with Gasteiger partial charge < -0.3 is 14.2 Å². The fourth-order valence-electron chi connectivity index (χ4n) is 7.51. The fraction of sp³-hybridized carbons (Fsp3) is 0.535. The predicted octanol–water partition coefficient (Wildman–Crippen LogP) is 20.9. The Kier molecular flexibility index (Phi) is 58.6. The van der Waals surface area contributed by atoms with Gasteiger partial charge in [0.1, 0.15) is 13.2 Å². The molecule has 0 N–H and O–H groups in total. The lowest BCUT2D eigenvalue weighted by molar-refractivity contribution is -0.166. The Morgan fingerprint density at radius 2 is 0.519 bits per heavy atom. The summed E-state index contributed by atoms with van der Waals surface area (Å²) in [4.78, 5) is 38.2. The summed E-state index contributed by atoms with van der Waals surface area (Å²) >= 11 is 0. The Hall–Kier alpha value is -5.49. The summed E-state index contributed by atoms with van der Waals surface area (Å²) in [6.45, 7) is 6.17. The molecule has 0 bridgehead atoms. The second kappa shape index (κ2) is 63.0. The van der Waals surface area contributed by atoms with Gasteiger partial charge in [0, 0.05) is 12.8 Å². The van der Waals surface area contributed by atoms with Crippen LogP contribution in [-0.4, -0.2) is 37.2 Å². The average Bonchev–Trinajstić information content (AvgIpc) is 3.43. The maximum atomic E-state index is 12.9. The quantitative estimate of drug-likeness (QED) is 0.0261. The van der Waals surface area contributed by atoms with Crippen LogP contribution in [0.5, 0.6) is 0 Å². The van der Waals surface area contributed by atoms with E-state index in [-0.39, 0.29) is 38.0 Å². The van der Waals surface area contributed by atoms with Gasteiger partial charge in [-0.3, -0.25) is 14.4 Å². The van der Waals surface area contributed by atoms with E-state index in [2.05, 4.69) is 191 Å². The molecule has 0 aromatic carbocycles. The molecule has 1 unspecified atom stereocenters. The maximum Gasteiger partial charge on any atom is 0.309 e. The minimum atomic E-state index is -0.844. The van der Waals surface area contributed by atoms with Gasteiger partial charge in [0.25, 0.3) is 0 Å². The van der Waals surface area contributed by atoms with Crippen molar-refractivity contribution in [2.24, 2.45) is 0 Å². The molecule has 0 radical (unpaired) electrons. The molecule has 0 aromatic rings. The molecule has 0 saturated carbocycles. The number of carbonyl (C=O) groups is 3. The third kappa shape index (κ3) is 61.2. The van der Waals surface area contributed by atoms with Crippen molar-refractivity contribution in [3.63, 3.8) is 0 Å². The van der Waals surface area contributed by atoms with Gasteiger partial charge in [-0.15, -0.1) is 0 Å². The summed E-state index contributed by atoms with van der Waals surface area (Å²) in [6, 6.07) is 0. The zero-order valence-electron chi connectivity index (χ0n) is 48.9. The molecule has 0 aliphatic carbocycles. The van der Waals surface area contributed by atoms with Gasteiger partial charge in [0.2, 0.25) is 0 Å². The van der Waals surface area contributed by atoms with E-state index in [0.717, 1.165) is 161 Å². The van der Waals surface area contributed by atoms with Crippen LogP contribution in [0.15, 0.2) is 182 Å². The molecule has 0 rings (SSSR count). The molecule has 0 heterocycles. The lowest BCUT2D eigenvalue weighted by Gasteiger charge is -2.18. The molecule has 0 amide bonds.